The van der Waals surface area contributed by atoms with Gasteiger partial charge < -0.3 is 15.1 Å². The van der Waals surface area contributed by atoms with Crippen molar-refractivity contribution in [1.29, 1.82) is 0 Å². The number of rotatable bonds is 7. The summed E-state index contributed by atoms with van der Waals surface area (Å²) in [6.07, 6.45) is 2.67. The molecule has 1 aromatic rings. The second-order valence-corrected chi connectivity index (χ2v) is 6.57. The molecule has 1 N–H and O–H groups in total. The first kappa shape index (κ1) is 14.8. The minimum atomic E-state index is 0.753. The predicted molar refractivity (Wildman–Crippen MR) is 85.8 cm³/mol. The molecule has 0 spiro atoms. The van der Waals surface area contributed by atoms with Crippen molar-refractivity contribution in [1.82, 2.24) is 10.2 Å². The molecule has 0 aliphatic heterocycles. The van der Waals surface area contributed by atoms with Gasteiger partial charge in [-0.3, -0.25) is 0 Å². The van der Waals surface area contributed by atoms with Gasteiger partial charge in [-0.1, -0.05) is 22.0 Å². The van der Waals surface area contributed by atoms with Crippen molar-refractivity contribution in [2.45, 2.75) is 25.4 Å². The third-order valence-electron chi connectivity index (χ3n) is 3.50. The fourth-order valence-electron chi connectivity index (χ4n) is 2.05. The summed E-state index contributed by atoms with van der Waals surface area (Å²) >= 11 is 3.58. The summed E-state index contributed by atoms with van der Waals surface area (Å²) in [5, 5.41) is 3.60. The molecular formula is C15H24BrN3. The maximum absolute atomic E-state index is 3.60. The third-order valence-corrected chi connectivity index (χ3v) is 3.99. The number of hydrogen-bond donors (Lipinski definition) is 1. The summed E-state index contributed by atoms with van der Waals surface area (Å²) in [6.45, 7) is 3.08. The van der Waals surface area contributed by atoms with E-state index in [-0.39, 0.29) is 0 Å². The van der Waals surface area contributed by atoms with E-state index in [4.69, 9.17) is 0 Å². The fraction of sp³-hybridized carbons (Fsp3) is 0.600. The predicted octanol–water partition coefficient (Wildman–Crippen LogP) is 2.70. The molecule has 1 aliphatic carbocycles. The van der Waals surface area contributed by atoms with Gasteiger partial charge >= 0.3 is 0 Å². The zero-order valence-electron chi connectivity index (χ0n) is 12.1. The summed E-state index contributed by atoms with van der Waals surface area (Å²) in [5.41, 5.74) is 2.71. The van der Waals surface area contributed by atoms with Crippen LogP contribution in [0.4, 0.5) is 5.69 Å². The van der Waals surface area contributed by atoms with Crippen LogP contribution in [0.5, 0.6) is 0 Å². The number of benzene rings is 1. The highest BCUT2D eigenvalue weighted by Gasteiger charge is 2.20. The van der Waals surface area contributed by atoms with E-state index in [1.807, 2.05) is 0 Å². The van der Waals surface area contributed by atoms with Crippen molar-refractivity contribution < 1.29 is 0 Å². The minimum Gasteiger partial charge on any atom is -0.373 e. The molecule has 0 unspecified atom stereocenters. The highest BCUT2D eigenvalue weighted by molar-refractivity contribution is 9.10. The number of likely N-dealkylation sites (N-methyl/N-ethyl adjacent to an activating group) is 2. The summed E-state index contributed by atoms with van der Waals surface area (Å²) in [5.74, 6) is 0. The molecule has 0 amide bonds. The molecular weight excluding hydrogens is 302 g/mol. The molecule has 3 nitrogen and oxygen atoms in total. The number of hydrogen-bond acceptors (Lipinski definition) is 3. The lowest BCUT2D eigenvalue weighted by atomic mass is 10.1. The van der Waals surface area contributed by atoms with Crippen LogP contribution in [0.1, 0.15) is 18.4 Å². The summed E-state index contributed by atoms with van der Waals surface area (Å²) < 4.78 is 1.15. The maximum atomic E-state index is 3.60. The van der Waals surface area contributed by atoms with Crippen molar-refractivity contribution in [2.24, 2.45) is 0 Å². The topological polar surface area (TPSA) is 18.5 Å². The van der Waals surface area contributed by atoms with Crippen molar-refractivity contribution in [3.05, 3.63) is 28.2 Å². The zero-order chi connectivity index (χ0) is 13.8. The van der Waals surface area contributed by atoms with E-state index in [0.29, 0.717) is 0 Å². The smallest absolute Gasteiger partial charge is 0.0421 e. The van der Waals surface area contributed by atoms with E-state index in [1.165, 1.54) is 24.1 Å². The average molecular weight is 326 g/mol. The highest BCUT2D eigenvalue weighted by atomic mass is 79.9. The Morgan fingerprint density at radius 2 is 1.95 bits per heavy atom. The van der Waals surface area contributed by atoms with Gasteiger partial charge in [0.15, 0.2) is 0 Å². The first-order chi connectivity index (χ1) is 9.06. The van der Waals surface area contributed by atoms with Gasteiger partial charge in [0.25, 0.3) is 0 Å². The van der Waals surface area contributed by atoms with Crippen molar-refractivity contribution in [2.75, 3.05) is 39.1 Å². The molecule has 0 aromatic heterocycles. The number of anilines is 1. The number of nitrogens with one attached hydrogen (secondary N) is 1. The molecule has 0 heterocycles. The maximum Gasteiger partial charge on any atom is 0.0421 e. The van der Waals surface area contributed by atoms with Gasteiger partial charge in [-0.15, -0.1) is 0 Å². The molecule has 1 fully saturated rings. The SMILES string of the molecule is CN(C)CCN(C)c1cc(Br)ccc1CNC1CC1. The Morgan fingerprint density at radius 1 is 1.21 bits per heavy atom. The van der Waals surface area contributed by atoms with E-state index in [9.17, 15) is 0 Å². The Hall–Kier alpha value is -0.580. The molecule has 0 bridgehead atoms. The normalized spacial score (nSPS) is 15.0. The van der Waals surface area contributed by atoms with Gasteiger partial charge in [0.05, 0.1) is 0 Å². The van der Waals surface area contributed by atoms with Crippen LogP contribution >= 0.6 is 15.9 Å². The van der Waals surface area contributed by atoms with E-state index >= 15 is 0 Å². The lowest BCUT2D eigenvalue weighted by Crippen LogP contribution is -2.29. The first-order valence-electron chi connectivity index (χ1n) is 6.94. The van der Waals surface area contributed by atoms with E-state index < -0.39 is 0 Å². The standard InChI is InChI=1S/C15H24BrN3/c1-18(2)8-9-19(3)15-10-13(16)5-4-12(15)11-17-14-6-7-14/h4-5,10,14,17H,6-9,11H2,1-3H3. The summed E-state index contributed by atoms with van der Waals surface area (Å²) in [6, 6.07) is 7.33. The lowest BCUT2D eigenvalue weighted by molar-refractivity contribution is 0.416. The quantitative estimate of drug-likeness (QED) is 0.831. The van der Waals surface area contributed by atoms with Gasteiger partial charge in [-0.05, 0) is 44.6 Å². The Balaban J connectivity index is 2.03. The van der Waals surface area contributed by atoms with Crippen LogP contribution in [0.3, 0.4) is 0 Å². The van der Waals surface area contributed by atoms with Gasteiger partial charge in [0.1, 0.15) is 0 Å². The molecule has 0 radical (unpaired) electrons. The van der Waals surface area contributed by atoms with Crippen molar-refractivity contribution in [3.8, 4) is 0 Å². The van der Waals surface area contributed by atoms with Crippen LogP contribution in [0.2, 0.25) is 0 Å². The van der Waals surface area contributed by atoms with Crippen LogP contribution in [0, 0.1) is 0 Å². The van der Waals surface area contributed by atoms with Crippen LogP contribution in [-0.4, -0.2) is 45.2 Å². The number of nitrogens with zero attached hydrogens (tertiary/aromatic N) is 2. The van der Waals surface area contributed by atoms with Crippen molar-refractivity contribution >= 4 is 21.6 Å². The second kappa shape index (κ2) is 6.73. The number of halogens is 1. The minimum absolute atomic E-state index is 0.753. The first-order valence-corrected chi connectivity index (χ1v) is 7.73. The monoisotopic (exact) mass is 325 g/mol. The van der Waals surface area contributed by atoms with E-state index in [2.05, 4.69) is 70.4 Å². The zero-order valence-corrected chi connectivity index (χ0v) is 13.7. The molecule has 1 aliphatic rings. The van der Waals surface area contributed by atoms with Crippen molar-refractivity contribution in [3.63, 3.8) is 0 Å². The Morgan fingerprint density at radius 3 is 2.58 bits per heavy atom. The molecule has 0 saturated heterocycles. The van der Waals surface area contributed by atoms with Gasteiger partial charge in [0.2, 0.25) is 0 Å². The summed E-state index contributed by atoms with van der Waals surface area (Å²) in [4.78, 5) is 4.56. The van der Waals surface area contributed by atoms with Gasteiger partial charge in [-0.25, -0.2) is 0 Å². The van der Waals surface area contributed by atoms with E-state index in [0.717, 1.165) is 30.1 Å². The third kappa shape index (κ3) is 4.79. The Labute approximate surface area is 125 Å². The van der Waals surface area contributed by atoms with Crippen LogP contribution in [-0.2, 0) is 6.54 Å². The van der Waals surface area contributed by atoms with E-state index in [1.54, 1.807) is 0 Å². The highest BCUT2D eigenvalue weighted by Crippen LogP contribution is 2.26. The Kier molecular flexibility index (Phi) is 5.25. The largest absolute Gasteiger partial charge is 0.373 e. The Bertz CT molecular complexity index is 416. The molecule has 1 saturated carbocycles. The molecule has 2 rings (SSSR count). The molecule has 19 heavy (non-hydrogen) atoms. The lowest BCUT2D eigenvalue weighted by Gasteiger charge is -2.24. The van der Waals surface area contributed by atoms with Crippen LogP contribution in [0.15, 0.2) is 22.7 Å². The average Bonchev–Trinajstić information content (AvgIpc) is 3.18. The van der Waals surface area contributed by atoms with Gasteiger partial charge in [0, 0.05) is 42.9 Å². The molecule has 106 valence electrons. The molecule has 1 aromatic carbocycles. The molecule has 0 atom stereocenters. The van der Waals surface area contributed by atoms with Crippen LogP contribution in [0.25, 0.3) is 0 Å². The van der Waals surface area contributed by atoms with Gasteiger partial charge in [-0.2, -0.15) is 0 Å². The van der Waals surface area contributed by atoms with Crippen LogP contribution < -0.4 is 10.2 Å². The second-order valence-electron chi connectivity index (χ2n) is 5.65. The summed E-state index contributed by atoms with van der Waals surface area (Å²) in [7, 11) is 6.40. The fourth-order valence-corrected chi connectivity index (χ4v) is 2.40. The molecule has 4 heteroatoms.